The van der Waals surface area contributed by atoms with Crippen molar-refractivity contribution < 1.29 is 27.4 Å². The van der Waals surface area contributed by atoms with E-state index in [1.165, 1.54) is 48.0 Å². The van der Waals surface area contributed by atoms with E-state index in [0.717, 1.165) is 11.3 Å². The van der Waals surface area contributed by atoms with E-state index in [-0.39, 0.29) is 16.3 Å². The summed E-state index contributed by atoms with van der Waals surface area (Å²) in [5.74, 6) is -0.254. The van der Waals surface area contributed by atoms with Crippen LogP contribution in [0, 0.1) is 0 Å². The average Bonchev–Trinajstić information content (AvgIpc) is 3.04. The lowest BCUT2D eigenvalue weighted by atomic mass is 10.3. The first-order valence-electron chi connectivity index (χ1n) is 6.73. The fourth-order valence-corrected chi connectivity index (χ4v) is 2.81. The topological polar surface area (TPSA) is 56.1 Å². The molecule has 0 saturated carbocycles. The second-order valence-electron chi connectivity index (χ2n) is 5.07. The number of hydrogen-bond donors (Lipinski definition) is 0. The first-order chi connectivity index (χ1) is 11.3. The molecule has 1 aliphatic rings. The lowest BCUT2D eigenvalue weighted by molar-refractivity contribution is -0.286. The Morgan fingerprint density at radius 2 is 2.04 bits per heavy atom. The van der Waals surface area contributed by atoms with Crippen molar-refractivity contribution >= 4 is 17.4 Å². The van der Waals surface area contributed by atoms with Gasteiger partial charge in [-0.25, -0.2) is 9.18 Å². The predicted molar refractivity (Wildman–Crippen MR) is 79.3 cm³/mol. The van der Waals surface area contributed by atoms with Gasteiger partial charge in [-0.05, 0) is 12.1 Å². The summed E-state index contributed by atoms with van der Waals surface area (Å²) >= 11 is 0.987. The van der Waals surface area contributed by atoms with Crippen LogP contribution in [0.4, 0.5) is 18.0 Å². The molecule has 3 rings (SSSR count). The Bertz CT molecular complexity index is 860. The number of halogens is 3. The molecule has 1 aromatic heterocycles. The van der Waals surface area contributed by atoms with Gasteiger partial charge < -0.3 is 14.4 Å². The maximum Gasteiger partial charge on any atom is 0.586 e. The van der Waals surface area contributed by atoms with Gasteiger partial charge in [-0.1, -0.05) is 11.3 Å². The van der Waals surface area contributed by atoms with E-state index in [9.17, 15) is 18.0 Å². The van der Waals surface area contributed by atoms with Crippen LogP contribution in [-0.2, 0) is 6.67 Å². The molecular weight excluding hydrogens is 347 g/mol. The quantitative estimate of drug-likeness (QED) is 0.829. The fourth-order valence-electron chi connectivity index (χ4n) is 1.98. The molecular formula is C14H12F3N3O3S. The van der Waals surface area contributed by atoms with Crippen LogP contribution < -0.4 is 14.3 Å². The number of fused-ring (bicyclic) bond motifs is 1. The van der Waals surface area contributed by atoms with Gasteiger partial charge in [-0.3, -0.25) is 4.57 Å². The van der Waals surface area contributed by atoms with Gasteiger partial charge in [-0.15, -0.1) is 8.78 Å². The highest BCUT2D eigenvalue weighted by atomic mass is 32.1. The first-order valence-corrected chi connectivity index (χ1v) is 7.54. The minimum atomic E-state index is -3.72. The Morgan fingerprint density at radius 3 is 2.71 bits per heavy atom. The Kier molecular flexibility index (Phi) is 3.99. The molecule has 1 aromatic carbocycles. The van der Waals surface area contributed by atoms with Crippen molar-refractivity contribution in [2.24, 2.45) is 4.99 Å². The van der Waals surface area contributed by atoms with Gasteiger partial charge in [0.2, 0.25) is 0 Å². The highest BCUT2D eigenvalue weighted by Crippen LogP contribution is 2.41. The number of carbonyl (C=O) groups excluding carboxylic acids is 1. The number of rotatable bonds is 2. The summed E-state index contributed by atoms with van der Waals surface area (Å²) in [7, 11) is 3.06. The SMILES string of the molecule is CN(C)C(=O)N=c1sc(CF)cn1-c1ccc2c(c1)OC(F)(F)O2. The summed E-state index contributed by atoms with van der Waals surface area (Å²) in [6, 6.07) is 3.58. The molecule has 6 nitrogen and oxygen atoms in total. The molecule has 128 valence electrons. The van der Waals surface area contributed by atoms with E-state index in [1.807, 2.05) is 0 Å². The Hall–Kier alpha value is -2.49. The number of thiazole rings is 1. The molecule has 0 fully saturated rings. The highest BCUT2D eigenvalue weighted by Gasteiger charge is 2.43. The first kappa shape index (κ1) is 16.4. The van der Waals surface area contributed by atoms with E-state index in [4.69, 9.17) is 0 Å². The number of alkyl halides is 3. The van der Waals surface area contributed by atoms with E-state index >= 15 is 0 Å². The van der Waals surface area contributed by atoms with Gasteiger partial charge in [0.15, 0.2) is 16.3 Å². The molecule has 0 radical (unpaired) electrons. The second-order valence-corrected chi connectivity index (χ2v) is 6.16. The molecule has 10 heteroatoms. The van der Waals surface area contributed by atoms with Gasteiger partial charge in [0.05, 0.1) is 10.6 Å². The summed E-state index contributed by atoms with van der Waals surface area (Å²) in [6.07, 6.45) is -2.28. The van der Waals surface area contributed by atoms with Crippen LogP contribution >= 0.6 is 11.3 Å². The van der Waals surface area contributed by atoms with Crippen molar-refractivity contribution in [1.82, 2.24) is 9.47 Å². The average molecular weight is 359 g/mol. The predicted octanol–water partition coefficient (Wildman–Crippen LogP) is 2.91. The highest BCUT2D eigenvalue weighted by molar-refractivity contribution is 7.09. The summed E-state index contributed by atoms with van der Waals surface area (Å²) < 4.78 is 49.3. The summed E-state index contributed by atoms with van der Waals surface area (Å²) in [5.41, 5.74) is 0.385. The zero-order chi connectivity index (χ0) is 17.5. The van der Waals surface area contributed by atoms with Gasteiger partial charge in [-0.2, -0.15) is 4.99 Å². The summed E-state index contributed by atoms with van der Waals surface area (Å²) in [6.45, 7) is -0.737. The van der Waals surface area contributed by atoms with Crippen molar-refractivity contribution in [3.63, 3.8) is 0 Å². The Labute approximate surface area is 138 Å². The smallest absolute Gasteiger partial charge is 0.395 e. The maximum atomic E-state index is 13.1. The molecule has 0 spiro atoms. The zero-order valence-corrected chi connectivity index (χ0v) is 13.4. The molecule has 2 aromatic rings. The van der Waals surface area contributed by atoms with E-state index < -0.39 is 19.0 Å². The number of amides is 2. The zero-order valence-electron chi connectivity index (χ0n) is 12.6. The van der Waals surface area contributed by atoms with Crippen LogP contribution in [0.1, 0.15) is 4.88 Å². The maximum absolute atomic E-state index is 13.1. The molecule has 0 bridgehead atoms. The second kappa shape index (κ2) is 5.86. The van der Waals surface area contributed by atoms with Crippen LogP contribution in [0.2, 0.25) is 0 Å². The summed E-state index contributed by atoms with van der Waals surface area (Å²) in [5, 5.41) is 0. The van der Waals surface area contributed by atoms with Gasteiger partial charge >= 0.3 is 12.3 Å². The number of urea groups is 1. The molecule has 2 amide bonds. The van der Waals surface area contributed by atoms with Crippen LogP contribution in [-0.4, -0.2) is 35.9 Å². The van der Waals surface area contributed by atoms with E-state index in [2.05, 4.69) is 14.5 Å². The van der Waals surface area contributed by atoms with E-state index in [1.54, 1.807) is 0 Å². The van der Waals surface area contributed by atoms with Gasteiger partial charge in [0, 0.05) is 26.4 Å². The number of aromatic nitrogens is 1. The molecule has 1 aliphatic heterocycles. The van der Waals surface area contributed by atoms with Crippen LogP contribution in [0.5, 0.6) is 11.5 Å². The Balaban J connectivity index is 2.08. The lowest BCUT2D eigenvalue weighted by Crippen LogP contribution is -2.26. The number of nitrogens with zero attached hydrogens (tertiary/aromatic N) is 3. The molecule has 0 N–H and O–H groups in total. The number of benzene rings is 1. The lowest BCUT2D eigenvalue weighted by Gasteiger charge is -2.06. The van der Waals surface area contributed by atoms with Crippen molar-refractivity contribution in [3.8, 4) is 17.2 Å². The van der Waals surface area contributed by atoms with Crippen molar-refractivity contribution in [2.45, 2.75) is 13.0 Å². The Morgan fingerprint density at radius 1 is 1.33 bits per heavy atom. The normalized spacial score (nSPS) is 15.6. The number of carbonyl (C=O) groups is 1. The third kappa shape index (κ3) is 3.09. The molecule has 0 saturated heterocycles. The van der Waals surface area contributed by atoms with Crippen LogP contribution in [0.25, 0.3) is 5.69 Å². The van der Waals surface area contributed by atoms with Gasteiger partial charge in [0.1, 0.15) is 6.67 Å². The molecule has 0 unspecified atom stereocenters. The minimum absolute atomic E-state index is 0.104. The molecule has 0 aliphatic carbocycles. The number of hydrogen-bond acceptors (Lipinski definition) is 4. The van der Waals surface area contributed by atoms with Gasteiger partial charge in [0.25, 0.3) is 0 Å². The number of ether oxygens (including phenoxy) is 2. The summed E-state index contributed by atoms with van der Waals surface area (Å²) in [4.78, 5) is 17.5. The third-order valence-corrected chi connectivity index (χ3v) is 4.02. The largest absolute Gasteiger partial charge is 0.586 e. The molecule has 24 heavy (non-hydrogen) atoms. The molecule has 0 atom stereocenters. The molecule has 2 heterocycles. The monoisotopic (exact) mass is 359 g/mol. The van der Waals surface area contributed by atoms with Crippen molar-refractivity contribution in [2.75, 3.05) is 14.1 Å². The van der Waals surface area contributed by atoms with Crippen LogP contribution in [0.3, 0.4) is 0 Å². The standard InChI is InChI=1S/C14H12F3N3O3S/c1-19(2)12(21)18-13-20(7-9(6-15)24-13)8-3-4-10-11(5-8)23-14(16,17)22-10/h3-5,7H,6H2,1-2H3. The third-order valence-electron chi connectivity index (χ3n) is 3.07. The van der Waals surface area contributed by atoms with E-state index in [0.29, 0.717) is 10.6 Å². The van der Waals surface area contributed by atoms with Crippen molar-refractivity contribution in [3.05, 3.63) is 34.1 Å². The van der Waals surface area contributed by atoms with Crippen molar-refractivity contribution in [1.29, 1.82) is 0 Å². The minimum Gasteiger partial charge on any atom is -0.395 e. The fraction of sp³-hybridized carbons (Fsp3) is 0.286. The van der Waals surface area contributed by atoms with Crippen LogP contribution in [0.15, 0.2) is 29.4 Å².